The summed E-state index contributed by atoms with van der Waals surface area (Å²) in [5.74, 6) is 1.04. The third kappa shape index (κ3) is 2.52. The fourth-order valence-corrected chi connectivity index (χ4v) is 2.06. The van der Waals surface area contributed by atoms with Crippen molar-refractivity contribution in [2.45, 2.75) is 6.92 Å². The molecular formula is C13H18N2O2. The van der Waals surface area contributed by atoms with Crippen LogP contribution < -0.4 is 9.64 Å². The van der Waals surface area contributed by atoms with Gasteiger partial charge in [-0.2, -0.15) is 0 Å². The van der Waals surface area contributed by atoms with Crippen LogP contribution >= 0.6 is 0 Å². The minimum Gasteiger partial charge on any atom is -0.497 e. The average Bonchev–Trinajstić information content (AvgIpc) is 2.39. The lowest BCUT2D eigenvalue weighted by Crippen LogP contribution is -2.50. The van der Waals surface area contributed by atoms with E-state index >= 15 is 0 Å². The SMILES string of the molecule is CCN1CCN(c2ccc(OC)cc2)CC1=O. The number of ether oxygens (including phenoxy) is 1. The zero-order chi connectivity index (χ0) is 12.3. The maximum absolute atomic E-state index is 11.8. The molecule has 1 aliphatic rings. The van der Waals surface area contributed by atoms with Crippen molar-refractivity contribution in [3.05, 3.63) is 24.3 Å². The fraction of sp³-hybridized carbons (Fsp3) is 0.462. The molecule has 1 heterocycles. The lowest BCUT2D eigenvalue weighted by Gasteiger charge is -2.35. The molecule has 0 unspecified atom stereocenters. The highest BCUT2D eigenvalue weighted by atomic mass is 16.5. The molecule has 0 radical (unpaired) electrons. The highest BCUT2D eigenvalue weighted by Crippen LogP contribution is 2.20. The first-order chi connectivity index (χ1) is 8.24. The summed E-state index contributed by atoms with van der Waals surface area (Å²) in [6.07, 6.45) is 0. The summed E-state index contributed by atoms with van der Waals surface area (Å²) in [5.41, 5.74) is 1.08. The van der Waals surface area contributed by atoms with Gasteiger partial charge in [0.05, 0.1) is 13.7 Å². The van der Waals surface area contributed by atoms with Crippen molar-refractivity contribution < 1.29 is 9.53 Å². The number of carbonyl (C=O) groups excluding carboxylic acids is 1. The topological polar surface area (TPSA) is 32.8 Å². The van der Waals surface area contributed by atoms with E-state index in [9.17, 15) is 4.79 Å². The molecule has 0 aromatic heterocycles. The second-order valence-corrected chi connectivity index (χ2v) is 4.09. The van der Waals surface area contributed by atoms with Crippen LogP contribution in [0.2, 0.25) is 0 Å². The predicted molar refractivity (Wildman–Crippen MR) is 67.5 cm³/mol. The van der Waals surface area contributed by atoms with Crippen LogP contribution in [0.15, 0.2) is 24.3 Å². The number of amides is 1. The summed E-state index contributed by atoms with van der Waals surface area (Å²) in [7, 11) is 1.65. The number of methoxy groups -OCH3 is 1. The molecular weight excluding hydrogens is 216 g/mol. The van der Waals surface area contributed by atoms with Crippen LogP contribution in [0.5, 0.6) is 5.75 Å². The quantitative estimate of drug-likeness (QED) is 0.791. The van der Waals surface area contributed by atoms with Gasteiger partial charge in [-0.3, -0.25) is 4.79 Å². The molecule has 1 aliphatic heterocycles. The zero-order valence-electron chi connectivity index (χ0n) is 10.3. The molecule has 0 bridgehead atoms. The maximum Gasteiger partial charge on any atom is 0.242 e. The molecule has 0 spiro atoms. The van der Waals surface area contributed by atoms with Crippen LogP contribution in [-0.4, -0.2) is 44.1 Å². The summed E-state index contributed by atoms with van der Waals surface area (Å²) in [6, 6.07) is 7.83. The highest BCUT2D eigenvalue weighted by molar-refractivity contribution is 5.82. The van der Waals surface area contributed by atoms with Gasteiger partial charge in [-0.15, -0.1) is 0 Å². The highest BCUT2D eigenvalue weighted by Gasteiger charge is 2.22. The first kappa shape index (κ1) is 11.8. The Bertz CT molecular complexity index is 389. The van der Waals surface area contributed by atoms with E-state index in [-0.39, 0.29) is 5.91 Å². The molecule has 0 atom stereocenters. The predicted octanol–water partition coefficient (Wildman–Crippen LogP) is 1.36. The van der Waals surface area contributed by atoms with E-state index in [1.54, 1.807) is 7.11 Å². The lowest BCUT2D eigenvalue weighted by molar-refractivity contribution is -0.130. The van der Waals surface area contributed by atoms with Gasteiger partial charge in [0.2, 0.25) is 5.91 Å². The number of anilines is 1. The molecule has 1 saturated heterocycles. The summed E-state index contributed by atoms with van der Waals surface area (Å²) in [5, 5.41) is 0. The summed E-state index contributed by atoms with van der Waals surface area (Å²) in [6.45, 7) is 4.99. The van der Waals surface area contributed by atoms with Gasteiger partial charge >= 0.3 is 0 Å². The molecule has 0 saturated carbocycles. The number of nitrogens with zero attached hydrogens (tertiary/aromatic N) is 2. The van der Waals surface area contributed by atoms with Gasteiger partial charge in [-0.05, 0) is 31.2 Å². The Balaban J connectivity index is 2.05. The Kier molecular flexibility index (Phi) is 3.52. The summed E-state index contributed by atoms with van der Waals surface area (Å²) in [4.78, 5) is 15.8. The Morgan fingerprint density at radius 2 is 1.94 bits per heavy atom. The number of hydrogen-bond acceptors (Lipinski definition) is 3. The van der Waals surface area contributed by atoms with Gasteiger partial charge in [0.15, 0.2) is 0 Å². The van der Waals surface area contributed by atoms with Crippen molar-refractivity contribution in [1.82, 2.24) is 4.90 Å². The maximum atomic E-state index is 11.8. The third-order valence-electron chi connectivity index (χ3n) is 3.14. The number of piperazine rings is 1. The van der Waals surface area contributed by atoms with Crippen molar-refractivity contribution >= 4 is 11.6 Å². The minimum atomic E-state index is 0.203. The van der Waals surface area contributed by atoms with Crippen molar-refractivity contribution in [1.29, 1.82) is 0 Å². The average molecular weight is 234 g/mol. The van der Waals surface area contributed by atoms with Crippen LogP contribution in [0.25, 0.3) is 0 Å². The van der Waals surface area contributed by atoms with Crippen molar-refractivity contribution in [3.8, 4) is 5.75 Å². The van der Waals surface area contributed by atoms with E-state index in [0.29, 0.717) is 6.54 Å². The Hall–Kier alpha value is -1.71. The zero-order valence-corrected chi connectivity index (χ0v) is 10.3. The van der Waals surface area contributed by atoms with Crippen molar-refractivity contribution in [3.63, 3.8) is 0 Å². The number of hydrogen-bond donors (Lipinski definition) is 0. The van der Waals surface area contributed by atoms with E-state index in [2.05, 4.69) is 4.90 Å². The van der Waals surface area contributed by atoms with Crippen LogP contribution in [0, 0.1) is 0 Å². The molecule has 0 aliphatic carbocycles. The first-order valence-corrected chi connectivity index (χ1v) is 5.91. The van der Waals surface area contributed by atoms with Gasteiger partial charge in [0.1, 0.15) is 5.75 Å². The van der Waals surface area contributed by atoms with E-state index < -0.39 is 0 Å². The summed E-state index contributed by atoms with van der Waals surface area (Å²) < 4.78 is 5.12. The molecule has 2 rings (SSSR count). The molecule has 1 fully saturated rings. The Morgan fingerprint density at radius 1 is 1.24 bits per heavy atom. The number of carbonyl (C=O) groups is 1. The van der Waals surface area contributed by atoms with Gasteiger partial charge < -0.3 is 14.5 Å². The molecule has 17 heavy (non-hydrogen) atoms. The molecule has 92 valence electrons. The lowest BCUT2D eigenvalue weighted by atomic mass is 10.2. The molecule has 1 aromatic rings. The standard InChI is InChI=1S/C13H18N2O2/c1-3-14-8-9-15(10-13(14)16)11-4-6-12(17-2)7-5-11/h4-7H,3,8-10H2,1-2H3. The first-order valence-electron chi connectivity index (χ1n) is 5.91. The van der Waals surface area contributed by atoms with Gasteiger partial charge in [0.25, 0.3) is 0 Å². The molecule has 0 N–H and O–H groups in total. The molecule has 1 aromatic carbocycles. The number of likely N-dealkylation sites (N-methyl/N-ethyl adjacent to an activating group) is 1. The van der Waals surface area contributed by atoms with Crippen LogP contribution in [-0.2, 0) is 4.79 Å². The van der Waals surface area contributed by atoms with Crippen LogP contribution in [0.3, 0.4) is 0 Å². The van der Waals surface area contributed by atoms with Crippen LogP contribution in [0.1, 0.15) is 6.92 Å². The smallest absolute Gasteiger partial charge is 0.242 e. The monoisotopic (exact) mass is 234 g/mol. The summed E-state index contributed by atoms with van der Waals surface area (Å²) >= 11 is 0. The van der Waals surface area contributed by atoms with Crippen molar-refractivity contribution in [2.75, 3.05) is 38.2 Å². The van der Waals surface area contributed by atoms with E-state index in [4.69, 9.17) is 4.74 Å². The second kappa shape index (κ2) is 5.08. The van der Waals surface area contributed by atoms with Gasteiger partial charge in [0, 0.05) is 25.3 Å². The fourth-order valence-electron chi connectivity index (χ4n) is 2.06. The number of rotatable bonds is 3. The van der Waals surface area contributed by atoms with E-state index in [1.165, 1.54) is 0 Å². The van der Waals surface area contributed by atoms with Gasteiger partial charge in [-0.1, -0.05) is 0 Å². The molecule has 4 heteroatoms. The van der Waals surface area contributed by atoms with Crippen molar-refractivity contribution in [2.24, 2.45) is 0 Å². The minimum absolute atomic E-state index is 0.203. The normalized spacial score (nSPS) is 16.2. The third-order valence-corrected chi connectivity index (χ3v) is 3.14. The number of benzene rings is 1. The van der Waals surface area contributed by atoms with Gasteiger partial charge in [-0.25, -0.2) is 0 Å². The molecule has 1 amide bonds. The molecule has 4 nitrogen and oxygen atoms in total. The Morgan fingerprint density at radius 3 is 2.47 bits per heavy atom. The second-order valence-electron chi connectivity index (χ2n) is 4.09. The largest absolute Gasteiger partial charge is 0.497 e. The van der Waals surface area contributed by atoms with E-state index in [1.807, 2.05) is 36.1 Å². The van der Waals surface area contributed by atoms with Crippen LogP contribution in [0.4, 0.5) is 5.69 Å². The van der Waals surface area contributed by atoms with E-state index in [0.717, 1.165) is 31.1 Å². The Labute approximate surface area is 102 Å².